The third-order valence-electron chi connectivity index (χ3n) is 4.23. The Morgan fingerprint density at radius 3 is 2.56 bits per heavy atom. The Hall–Kier alpha value is -3.15. The molecule has 0 saturated heterocycles. The molecule has 3 aromatic rings. The largest absolute Gasteiger partial charge is 0.504 e. The van der Waals surface area contributed by atoms with Crippen molar-refractivity contribution in [1.29, 1.82) is 0 Å². The maximum absolute atomic E-state index is 12.9. The van der Waals surface area contributed by atoms with Gasteiger partial charge in [0.05, 0.1) is 24.2 Å². The lowest BCUT2D eigenvalue weighted by Gasteiger charge is -2.11. The highest BCUT2D eigenvalue weighted by atomic mass is 16.5. The van der Waals surface area contributed by atoms with Crippen molar-refractivity contribution in [2.24, 2.45) is 0 Å². The first-order valence-electron chi connectivity index (χ1n) is 7.94. The lowest BCUT2D eigenvalue weighted by Crippen LogP contribution is -2.07. The van der Waals surface area contributed by atoms with Crippen LogP contribution < -0.4 is 14.9 Å². The summed E-state index contributed by atoms with van der Waals surface area (Å²) in [6.07, 6.45) is 0.796. The highest BCUT2D eigenvalue weighted by Gasteiger charge is 2.19. The molecule has 1 aromatic heterocycles. The van der Waals surface area contributed by atoms with Gasteiger partial charge in [-0.25, -0.2) is 0 Å². The molecule has 25 heavy (non-hydrogen) atoms. The molecule has 128 valence electrons. The van der Waals surface area contributed by atoms with Crippen LogP contribution in [0.5, 0.6) is 23.0 Å². The molecule has 0 unspecified atom stereocenters. The maximum atomic E-state index is 12.9. The van der Waals surface area contributed by atoms with Crippen LogP contribution in [-0.4, -0.2) is 23.4 Å². The number of aromatic hydroxyl groups is 2. The smallest absolute Gasteiger partial charge is 0.201 e. The number of aryl methyl sites for hydroxylation is 1. The van der Waals surface area contributed by atoms with E-state index in [1.54, 1.807) is 25.1 Å². The molecule has 0 spiro atoms. The molecule has 0 saturated carbocycles. The summed E-state index contributed by atoms with van der Waals surface area (Å²) in [5.41, 5.74) is 0.710. The monoisotopic (exact) mass is 340 g/mol. The Kier molecular flexibility index (Phi) is 3.53. The van der Waals surface area contributed by atoms with Crippen molar-refractivity contribution in [1.82, 2.24) is 0 Å². The van der Waals surface area contributed by atoms with Gasteiger partial charge in [0, 0.05) is 6.42 Å². The number of phenolic OH excluding ortho intramolecular Hbond substituents is 2. The van der Waals surface area contributed by atoms with E-state index in [2.05, 4.69) is 0 Å². The van der Waals surface area contributed by atoms with Crippen LogP contribution in [0.15, 0.2) is 39.5 Å². The second kappa shape index (κ2) is 5.73. The highest BCUT2D eigenvalue weighted by Crippen LogP contribution is 2.37. The molecule has 0 radical (unpaired) electrons. The van der Waals surface area contributed by atoms with E-state index in [9.17, 15) is 15.0 Å². The van der Waals surface area contributed by atoms with E-state index < -0.39 is 5.75 Å². The molecule has 2 heterocycles. The first-order valence-corrected chi connectivity index (χ1v) is 7.94. The molecule has 6 nitrogen and oxygen atoms in total. The number of benzene rings is 2. The summed E-state index contributed by atoms with van der Waals surface area (Å²) < 4.78 is 16.9. The van der Waals surface area contributed by atoms with Crippen molar-refractivity contribution in [3.63, 3.8) is 0 Å². The number of rotatable bonds is 1. The predicted octanol–water partition coefficient (Wildman–Crippen LogP) is 3.34. The third-order valence-corrected chi connectivity index (χ3v) is 4.23. The van der Waals surface area contributed by atoms with Gasteiger partial charge in [0.2, 0.25) is 11.2 Å². The number of hydrogen-bond donors (Lipinski definition) is 2. The van der Waals surface area contributed by atoms with Gasteiger partial charge >= 0.3 is 0 Å². The average molecular weight is 340 g/mol. The second-order valence-corrected chi connectivity index (χ2v) is 5.88. The number of fused-ring (bicyclic) bond motifs is 2. The zero-order valence-corrected chi connectivity index (χ0v) is 13.5. The Morgan fingerprint density at radius 2 is 1.76 bits per heavy atom. The van der Waals surface area contributed by atoms with Gasteiger partial charge in [0.1, 0.15) is 5.76 Å². The van der Waals surface area contributed by atoms with Crippen LogP contribution in [0.3, 0.4) is 0 Å². The standard InChI is InChI=1S/C19H16O6/c1-10-16(11-3-6-14-15(9-11)24-8-2-7-23-14)17(21)12-4-5-13(20)18(22)19(12)25-10/h3-6,9,20,22H,2,7-8H2,1H3. The fourth-order valence-electron chi connectivity index (χ4n) is 2.99. The van der Waals surface area contributed by atoms with E-state index in [1.807, 2.05) is 0 Å². The fourth-order valence-corrected chi connectivity index (χ4v) is 2.99. The summed E-state index contributed by atoms with van der Waals surface area (Å²) in [5.74, 6) is 0.795. The molecular formula is C19H16O6. The summed E-state index contributed by atoms with van der Waals surface area (Å²) in [6.45, 7) is 2.78. The van der Waals surface area contributed by atoms with Crippen LogP contribution >= 0.6 is 0 Å². The van der Waals surface area contributed by atoms with Crippen LogP contribution in [0, 0.1) is 6.92 Å². The van der Waals surface area contributed by atoms with Crippen molar-refractivity contribution < 1.29 is 24.1 Å². The summed E-state index contributed by atoms with van der Waals surface area (Å²) in [4.78, 5) is 12.9. The third kappa shape index (κ3) is 2.46. The molecule has 0 aliphatic carbocycles. The van der Waals surface area contributed by atoms with Crippen LogP contribution in [0.1, 0.15) is 12.2 Å². The molecule has 4 rings (SSSR count). The van der Waals surface area contributed by atoms with E-state index in [0.29, 0.717) is 41.6 Å². The van der Waals surface area contributed by atoms with E-state index >= 15 is 0 Å². The number of phenols is 2. The average Bonchev–Trinajstić information content (AvgIpc) is 2.83. The summed E-state index contributed by atoms with van der Waals surface area (Å²) in [6, 6.07) is 8.00. The SMILES string of the molecule is Cc1oc2c(O)c(O)ccc2c(=O)c1-c1ccc2c(c1)OCCCO2. The van der Waals surface area contributed by atoms with E-state index in [1.165, 1.54) is 12.1 Å². The Labute approximate surface area is 142 Å². The van der Waals surface area contributed by atoms with Gasteiger partial charge in [-0.3, -0.25) is 4.79 Å². The normalized spacial score (nSPS) is 13.6. The molecule has 0 atom stereocenters. The lowest BCUT2D eigenvalue weighted by atomic mass is 10.0. The van der Waals surface area contributed by atoms with Gasteiger partial charge in [0.25, 0.3) is 0 Å². The minimum absolute atomic E-state index is 0.0272. The fraction of sp³-hybridized carbons (Fsp3) is 0.211. The van der Waals surface area contributed by atoms with Crippen LogP contribution in [0.25, 0.3) is 22.1 Å². The first kappa shape index (κ1) is 15.4. The Morgan fingerprint density at radius 1 is 1.00 bits per heavy atom. The highest BCUT2D eigenvalue weighted by molar-refractivity contribution is 5.88. The predicted molar refractivity (Wildman–Crippen MR) is 91.6 cm³/mol. The zero-order chi connectivity index (χ0) is 17.6. The van der Waals surface area contributed by atoms with Gasteiger partial charge < -0.3 is 24.1 Å². The first-order chi connectivity index (χ1) is 12.1. The summed E-state index contributed by atoms with van der Waals surface area (Å²) in [5, 5.41) is 19.7. The molecule has 1 aliphatic heterocycles. The summed E-state index contributed by atoms with van der Waals surface area (Å²) >= 11 is 0. The van der Waals surface area contributed by atoms with Gasteiger partial charge in [-0.05, 0) is 36.8 Å². The van der Waals surface area contributed by atoms with Crippen LogP contribution in [-0.2, 0) is 0 Å². The molecule has 6 heteroatoms. The molecule has 2 aromatic carbocycles. The minimum atomic E-state index is -0.442. The van der Waals surface area contributed by atoms with Crippen molar-refractivity contribution >= 4 is 11.0 Å². The van der Waals surface area contributed by atoms with E-state index in [0.717, 1.165) is 6.42 Å². The molecule has 0 amide bonds. The molecule has 1 aliphatic rings. The Bertz CT molecular complexity index is 1030. The number of hydrogen-bond acceptors (Lipinski definition) is 6. The molecule has 0 bridgehead atoms. The van der Waals surface area contributed by atoms with E-state index in [-0.39, 0.29) is 22.1 Å². The van der Waals surface area contributed by atoms with Crippen LogP contribution in [0.2, 0.25) is 0 Å². The zero-order valence-electron chi connectivity index (χ0n) is 13.5. The van der Waals surface area contributed by atoms with E-state index in [4.69, 9.17) is 13.9 Å². The van der Waals surface area contributed by atoms with Crippen molar-refractivity contribution in [2.75, 3.05) is 13.2 Å². The van der Waals surface area contributed by atoms with Gasteiger partial charge in [-0.1, -0.05) is 6.07 Å². The van der Waals surface area contributed by atoms with Crippen molar-refractivity contribution in [2.45, 2.75) is 13.3 Å². The molecule has 0 fully saturated rings. The van der Waals surface area contributed by atoms with Gasteiger partial charge in [-0.15, -0.1) is 0 Å². The summed E-state index contributed by atoms with van der Waals surface area (Å²) in [7, 11) is 0. The topological polar surface area (TPSA) is 89.1 Å². The Balaban J connectivity index is 1.94. The lowest BCUT2D eigenvalue weighted by molar-refractivity contribution is 0.297. The quantitative estimate of drug-likeness (QED) is 0.661. The van der Waals surface area contributed by atoms with Crippen molar-refractivity contribution in [3.05, 3.63) is 46.3 Å². The van der Waals surface area contributed by atoms with Crippen LogP contribution in [0.4, 0.5) is 0 Å². The van der Waals surface area contributed by atoms with Gasteiger partial charge in [-0.2, -0.15) is 0 Å². The van der Waals surface area contributed by atoms with Crippen molar-refractivity contribution in [3.8, 4) is 34.1 Å². The molecule has 2 N–H and O–H groups in total. The van der Waals surface area contributed by atoms with Gasteiger partial charge in [0.15, 0.2) is 22.8 Å². The number of ether oxygens (including phenoxy) is 2. The maximum Gasteiger partial charge on any atom is 0.201 e. The second-order valence-electron chi connectivity index (χ2n) is 5.88. The minimum Gasteiger partial charge on any atom is -0.504 e. The molecular weight excluding hydrogens is 324 g/mol.